The van der Waals surface area contributed by atoms with Crippen molar-refractivity contribution >= 4 is 22.8 Å². The molecule has 0 aromatic heterocycles. The van der Waals surface area contributed by atoms with Crippen molar-refractivity contribution in [1.29, 1.82) is 0 Å². The summed E-state index contributed by atoms with van der Waals surface area (Å²) in [4.78, 5) is 0. The van der Waals surface area contributed by atoms with Gasteiger partial charge >= 0.3 is 6.61 Å². The number of benzene rings is 1. The molecule has 0 saturated heterocycles. The molecule has 90 valence electrons. The maximum atomic E-state index is 12.0. The molecule has 0 spiro atoms. The summed E-state index contributed by atoms with van der Waals surface area (Å²) in [6.07, 6.45) is 0. The fourth-order valence-electron chi connectivity index (χ4n) is 1.11. The first kappa shape index (κ1) is 13.5. The number of halogens is 3. The van der Waals surface area contributed by atoms with Gasteiger partial charge in [-0.1, -0.05) is 17.7 Å². The van der Waals surface area contributed by atoms with Crippen LogP contribution in [0.5, 0.6) is 5.75 Å². The quantitative estimate of drug-likeness (QED) is 0.768. The number of hydrogen-bond donors (Lipinski definition) is 0. The highest BCUT2D eigenvalue weighted by Crippen LogP contribution is 2.27. The van der Waals surface area contributed by atoms with E-state index in [1.54, 1.807) is 13.0 Å². The van der Waals surface area contributed by atoms with Gasteiger partial charge in [0.25, 0.3) is 0 Å². The standard InChI is InChI=1S/C10H11ClF2O2S/c1-2-16(14)6-7-3-4-8(11)9(5-7)15-10(12)13/h3-5,10H,2,6H2,1H3. The van der Waals surface area contributed by atoms with Gasteiger partial charge in [0.15, 0.2) is 0 Å². The molecule has 1 rings (SSSR count). The first-order chi connectivity index (χ1) is 7.52. The summed E-state index contributed by atoms with van der Waals surface area (Å²) >= 11 is 4.68. The normalized spacial score (nSPS) is 12.9. The zero-order chi connectivity index (χ0) is 12.1. The van der Waals surface area contributed by atoms with E-state index in [0.717, 1.165) is 0 Å². The van der Waals surface area contributed by atoms with Crippen molar-refractivity contribution < 1.29 is 18.1 Å². The third-order valence-corrected chi connectivity index (χ3v) is 3.47. The van der Waals surface area contributed by atoms with E-state index in [-0.39, 0.29) is 10.8 Å². The lowest BCUT2D eigenvalue weighted by Gasteiger charge is -2.11. The van der Waals surface area contributed by atoms with Crippen LogP contribution in [-0.2, 0) is 16.9 Å². The van der Waals surface area contributed by atoms with Crippen molar-refractivity contribution in [2.75, 3.05) is 5.75 Å². The molecular formula is C10H11ClF2O2S. The Balaban J connectivity index is 2.80. The highest BCUT2D eigenvalue weighted by Gasteiger charge is 2.11. The van der Waals surface area contributed by atoms with E-state index < -0.39 is 17.8 Å². The van der Waals surface area contributed by atoms with Crippen molar-refractivity contribution in [2.24, 2.45) is 0 Å². The summed E-state index contributed by atoms with van der Waals surface area (Å²) in [6.45, 7) is -1.12. The van der Waals surface area contributed by atoms with Gasteiger partial charge in [-0.3, -0.25) is 0 Å². The molecule has 0 N–H and O–H groups in total. The Hall–Kier alpha value is -0.520. The summed E-state index contributed by atoms with van der Waals surface area (Å²) in [5, 5.41) is 0.117. The lowest BCUT2D eigenvalue weighted by Crippen LogP contribution is -2.07. The average molecular weight is 269 g/mol. The first-order valence-corrected chi connectivity index (χ1v) is 6.47. The monoisotopic (exact) mass is 268 g/mol. The molecule has 0 saturated carbocycles. The molecule has 2 nitrogen and oxygen atoms in total. The zero-order valence-electron chi connectivity index (χ0n) is 8.58. The van der Waals surface area contributed by atoms with Crippen molar-refractivity contribution in [3.8, 4) is 5.75 Å². The molecule has 0 aliphatic rings. The van der Waals surface area contributed by atoms with Gasteiger partial charge in [0.2, 0.25) is 0 Å². The minimum absolute atomic E-state index is 0.0812. The molecule has 16 heavy (non-hydrogen) atoms. The number of hydrogen-bond acceptors (Lipinski definition) is 2. The van der Waals surface area contributed by atoms with Crippen LogP contribution in [0.1, 0.15) is 12.5 Å². The van der Waals surface area contributed by atoms with E-state index in [0.29, 0.717) is 17.1 Å². The molecule has 0 fully saturated rings. The lowest BCUT2D eigenvalue weighted by molar-refractivity contribution is -0.0498. The summed E-state index contributed by atoms with van der Waals surface area (Å²) in [7, 11) is 0. The maximum absolute atomic E-state index is 12.0. The molecule has 1 aromatic carbocycles. The Kier molecular flexibility index (Phi) is 5.31. The number of alkyl halides is 2. The molecule has 1 atom stereocenters. The highest BCUT2D eigenvalue weighted by molar-refractivity contribution is 7.90. The van der Waals surface area contributed by atoms with Gasteiger partial charge in [0, 0.05) is 5.56 Å². The van der Waals surface area contributed by atoms with Gasteiger partial charge in [-0.25, -0.2) is 0 Å². The largest absolute Gasteiger partial charge is 0.616 e. The van der Waals surface area contributed by atoms with E-state index >= 15 is 0 Å². The molecule has 0 aliphatic carbocycles. The fraction of sp³-hybridized carbons (Fsp3) is 0.400. The Bertz CT molecular complexity index is 350. The van der Waals surface area contributed by atoms with Crippen LogP contribution in [-0.4, -0.2) is 16.9 Å². The highest BCUT2D eigenvalue weighted by atomic mass is 35.5. The molecule has 1 unspecified atom stereocenters. The van der Waals surface area contributed by atoms with Crippen molar-refractivity contribution in [3.63, 3.8) is 0 Å². The Morgan fingerprint density at radius 3 is 2.75 bits per heavy atom. The van der Waals surface area contributed by atoms with E-state index in [9.17, 15) is 13.3 Å². The molecule has 0 radical (unpaired) electrons. The topological polar surface area (TPSA) is 32.3 Å². The van der Waals surface area contributed by atoms with Gasteiger partial charge in [-0.2, -0.15) is 8.78 Å². The van der Waals surface area contributed by atoms with Gasteiger partial charge in [0.05, 0.1) is 5.02 Å². The molecule has 0 aliphatic heterocycles. The fourth-order valence-corrected chi connectivity index (χ4v) is 2.03. The Morgan fingerprint density at radius 1 is 1.50 bits per heavy atom. The smallest absolute Gasteiger partial charge is 0.387 e. The summed E-state index contributed by atoms with van der Waals surface area (Å²) in [5.41, 5.74) is 0.667. The third kappa shape index (κ3) is 4.15. The average Bonchev–Trinajstić information content (AvgIpc) is 2.22. The predicted molar refractivity (Wildman–Crippen MR) is 60.5 cm³/mol. The summed E-state index contributed by atoms with van der Waals surface area (Å²) in [5.74, 6) is 0.753. The molecular weight excluding hydrogens is 258 g/mol. The van der Waals surface area contributed by atoms with Crippen LogP contribution >= 0.6 is 11.6 Å². The van der Waals surface area contributed by atoms with E-state index in [1.807, 2.05) is 0 Å². The second kappa shape index (κ2) is 6.27. The second-order valence-electron chi connectivity index (χ2n) is 3.02. The number of ether oxygens (including phenoxy) is 1. The second-order valence-corrected chi connectivity index (χ2v) is 5.17. The van der Waals surface area contributed by atoms with Crippen LogP contribution in [0.4, 0.5) is 8.78 Å². The lowest BCUT2D eigenvalue weighted by atomic mass is 10.2. The molecule has 0 bridgehead atoms. The molecule has 6 heteroatoms. The van der Waals surface area contributed by atoms with Gasteiger partial charge < -0.3 is 9.29 Å². The van der Waals surface area contributed by atoms with Crippen molar-refractivity contribution in [1.82, 2.24) is 0 Å². The van der Waals surface area contributed by atoms with Crippen LogP contribution in [0, 0.1) is 0 Å². The number of rotatable bonds is 5. The predicted octanol–water partition coefficient (Wildman–Crippen LogP) is 3.21. The Labute approximate surface area is 101 Å². The van der Waals surface area contributed by atoms with E-state index in [4.69, 9.17) is 11.6 Å². The zero-order valence-corrected chi connectivity index (χ0v) is 10.2. The maximum Gasteiger partial charge on any atom is 0.387 e. The molecule has 0 amide bonds. The van der Waals surface area contributed by atoms with Crippen LogP contribution < -0.4 is 4.74 Å². The Morgan fingerprint density at radius 2 is 2.19 bits per heavy atom. The first-order valence-electron chi connectivity index (χ1n) is 4.61. The van der Waals surface area contributed by atoms with Crippen LogP contribution in [0.25, 0.3) is 0 Å². The van der Waals surface area contributed by atoms with Crippen LogP contribution in [0.3, 0.4) is 0 Å². The summed E-state index contributed by atoms with van der Waals surface area (Å²) in [6, 6.07) is 4.50. The van der Waals surface area contributed by atoms with Crippen molar-refractivity contribution in [3.05, 3.63) is 28.8 Å². The van der Waals surface area contributed by atoms with Crippen LogP contribution in [0.2, 0.25) is 5.02 Å². The van der Waals surface area contributed by atoms with Gasteiger partial charge in [-0.05, 0) is 30.2 Å². The van der Waals surface area contributed by atoms with E-state index in [2.05, 4.69) is 4.74 Å². The SMILES string of the molecule is CC[S+]([O-])Cc1ccc(Cl)c(OC(F)F)c1. The van der Waals surface area contributed by atoms with E-state index in [1.165, 1.54) is 12.1 Å². The van der Waals surface area contributed by atoms with Crippen molar-refractivity contribution in [2.45, 2.75) is 19.3 Å². The minimum atomic E-state index is -2.91. The minimum Gasteiger partial charge on any atom is -0.616 e. The van der Waals surface area contributed by atoms with Gasteiger partial charge in [-0.15, -0.1) is 0 Å². The summed E-state index contributed by atoms with van der Waals surface area (Å²) < 4.78 is 39.6. The molecule has 1 aromatic rings. The third-order valence-electron chi connectivity index (χ3n) is 1.86. The van der Waals surface area contributed by atoms with Crippen LogP contribution in [0.15, 0.2) is 18.2 Å². The van der Waals surface area contributed by atoms with Gasteiger partial charge in [0.1, 0.15) is 17.3 Å². The molecule has 0 heterocycles.